The van der Waals surface area contributed by atoms with Crippen molar-refractivity contribution in [3.8, 4) is 0 Å². The third-order valence-electron chi connectivity index (χ3n) is 4.49. The Bertz CT molecular complexity index is 749. The summed E-state index contributed by atoms with van der Waals surface area (Å²) in [6.45, 7) is 6.86. The van der Waals surface area contributed by atoms with Crippen molar-refractivity contribution in [3.05, 3.63) is 65.7 Å². The minimum Gasteiger partial charge on any atom is -0.266 e. The van der Waals surface area contributed by atoms with Gasteiger partial charge in [0.2, 0.25) is 0 Å². The maximum atomic E-state index is 12.1. The summed E-state index contributed by atoms with van der Waals surface area (Å²) < 4.78 is 29.3. The van der Waals surface area contributed by atoms with Crippen molar-refractivity contribution < 1.29 is 12.6 Å². The van der Waals surface area contributed by atoms with Crippen LogP contribution in [0.25, 0.3) is 0 Å². The predicted molar refractivity (Wildman–Crippen MR) is 97.7 cm³/mol. The molecule has 3 nitrogen and oxygen atoms in total. The molecule has 4 heteroatoms. The minimum absolute atomic E-state index is 0.119. The number of hydrogen-bond donors (Lipinski definition) is 0. The average Bonchev–Trinajstić information content (AvgIpc) is 2.60. The second kappa shape index (κ2) is 7.95. The molecule has 0 N–H and O–H groups in total. The Morgan fingerprint density at radius 2 is 1.58 bits per heavy atom. The van der Waals surface area contributed by atoms with Crippen molar-refractivity contribution in [2.45, 2.75) is 50.3 Å². The molecule has 2 aromatic rings. The molecule has 2 aromatic carbocycles. The number of aryl methyl sites for hydroxylation is 1. The van der Waals surface area contributed by atoms with Crippen LogP contribution in [-0.2, 0) is 26.1 Å². The molecule has 0 aliphatic heterocycles. The molecule has 0 radical (unpaired) electrons. The molecule has 0 heterocycles. The topological polar surface area (TPSA) is 43.4 Å². The molecular weight excluding hydrogens is 320 g/mol. The van der Waals surface area contributed by atoms with E-state index in [9.17, 15) is 8.42 Å². The van der Waals surface area contributed by atoms with Gasteiger partial charge in [0.1, 0.15) is 0 Å². The standard InChI is InChI=1S/C20H26O3S/c1-4-20(2,3)19-15-9-8-11-17(19)12-10-16-23-24(21,22)18-13-6-5-7-14-18/h5-9,11,13-15H,4,10,12,16H2,1-3H3. The summed E-state index contributed by atoms with van der Waals surface area (Å²) in [6.07, 6.45) is 2.54. The predicted octanol–water partition coefficient (Wildman–Crippen LogP) is 4.71. The van der Waals surface area contributed by atoms with Crippen molar-refractivity contribution >= 4 is 10.1 Å². The van der Waals surface area contributed by atoms with Gasteiger partial charge in [-0.15, -0.1) is 0 Å². The zero-order valence-corrected chi connectivity index (χ0v) is 15.5. The Morgan fingerprint density at radius 3 is 2.25 bits per heavy atom. The Morgan fingerprint density at radius 1 is 0.958 bits per heavy atom. The van der Waals surface area contributed by atoms with Crippen LogP contribution in [-0.4, -0.2) is 15.0 Å². The summed E-state index contributed by atoms with van der Waals surface area (Å²) >= 11 is 0. The summed E-state index contributed by atoms with van der Waals surface area (Å²) in [5, 5.41) is 0. The van der Waals surface area contributed by atoms with Crippen molar-refractivity contribution in [3.63, 3.8) is 0 Å². The first-order valence-electron chi connectivity index (χ1n) is 8.40. The van der Waals surface area contributed by atoms with E-state index in [4.69, 9.17) is 4.18 Å². The van der Waals surface area contributed by atoms with Crippen LogP contribution in [0.15, 0.2) is 59.5 Å². The second-order valence-corrected chi connectivity index (χ2v) is 8.20. The summed E-state index contributed by atoms with van der Waals surface area (Å²) in [4.78, 5) is 0.206. The quantitative estimate of drug-likeness (QED) is 0.513. The van der Waals surface area contributed by atoms with Gasteiger partial charge in [0.25, 0.3) is 10.1 Å². The fourth-order valence-electron chi connectivity index (χ4n) is 2.68. The van der Waals surface area contributed by atoms with Crippen LogP contribution in [0.1, 0.15) is 44.7 Å². The van der Waals surface area contributed by atoms with Crippen molar-refractivity contribution in [2.75, 3.05) is 6.61 Å². The number of rotatable bonds is 8. The summed E-state index contributed by atoms with van der Waals surface area (Å²) in [5.74, 6) is 0. The molecule has 0 saturated carbocycles. The van der Waals surface area contributed by atoms with Crippen LogP contribution < -0.4 is 0 Å². The first-order chi connectivity index (χ1) is 11.4. The second-order valence-electron chi connectivity index (χ2n) is 6.59. The highest BCUT2D eigenvalue weighted by molar-refractivity contribution is 7.86. The van der Waals surface area contributed by atoms with E-state index in [2.05, 4.69) is 39.0 Å². The molecular formula is C20H26O3S. The van der Waals surface area contributed by atoms with Crippen LogP contribution in [0.2, 0.25) is 0 Å². The molecule has 0 unspecified atom stereocenters. The maximum Gasteiger partial charge on any atom is 0.296 e. The lowest BCUT2D eigenvalue weighted by atomic mass is 9.79. The van der Waals surface area contributed by atoms with E-state index in [1.54, 1.807) is 30.3 Å². The largest absolute Gasteiger partial charge is 0.296 e. The van der Waals surface area contributed by atoms with E-state index in [0.717, 1.165) is 12.8 Å². The van der Waals surface area contributed by atoms with Crippen molar-refractivity contribution in [2.24, 2.45) is 0 Å². The molecule has 0 fully saturated rings. The third kappa shape index (κ3) is 4.68. The number of hydrogen-bond acceptors (Lipinski definition) is 3. The summed E-state index contributed by atoms with van der Waals surface area (Å²) in [7, 11) is -3.66. The zero-order valence-electron chi connectivity index (χ0n) is 14.7. The summed E-state index contributed by atoms with van der Waals surface area (Å²) in [6, 6.07) is 16.7. The lowest BCUT2D eigenvalue weighted by Gasteiger charge is -2.26. The van der Waals surface area contributed by atoms with Crippen LogP contribution in [0.4, 0.5) is 0 Å². The van der Waals surface area contributed by atoms with E-state index in [1.165, 1.54) is 11.1 Å². The van der Waals surface area contributed by atoms with Gasteiger partial charge in [-0.1, -0.05) is 63.2 Å². The molecule has 0 bridgehead atoms. The van der Waals surface area contributed by atoms with Gasteiger partial charge >= 0.3 is 0 Å². The number of benzene rings is 2. The molecule has 0 aromatic heterocycles. The molecule has 0 saturated heterocycles. The van der Waals surface area contributed by atoms with E-state index in [-0.39, 0.29) is 16.9 Å². The normalized spacial score (nSPS) is 12.3. The Hall–Kier alpha value is -1.65. The Balaban J connectivity index is 1.96. The molecule has 0 amide bonds. The van der Waals surface area contributed by atoms with Gasteiger partial charge in [-0.2, -0.15) is 8.42 Å². The van der Waals surface area contributed by atoms with E-state index >= 15 is 0 Å². The fourth-order valence-corrected chi connectivity index (χ4v) is 3.64. The maximum absolute atomic E-state index is 12.1. The Kier molecular flexibility index (Phi) is 6.19. The molecule has 0 aliphatic carbocycles. The minimum atomic E-state index is -3.66. The van der Waals surface area contributed by atoms with Crippen LogP contribution in [0.5, 0.6) is 0 Å². The van der Waals surface area contributed by atoms with Gasteiger partial charge < -0.3 is 0 Å². The van der Waals surface area contributed by atoms with Crippen molar-refractivity contribution in [1.82, 2.24) is 0 Å². The lowest BCUT2D eigenvalue weighted by Crippen LogP contribution is -2.18. The van der Waals surface area contributed by atoms with E-state index in [1.807, 2.05) is 6.07 Å². The van der Waals surface area contributed by atoms with Crippen LogP contribution >= 0.6 is 0 Å². The van der Waals surface area contributed by atoms with E-state index < -0.39 is 10.1 Å². The van der Waals surface area contributed by atoms with Crippen molar-refractivity contribution in [1.29, 1.82) is 0 Å². The van der Waals surface area contributed by atoms with Gasteiger partial charge in [0.05, 0.1) is 11.5 Å². The SMILES string of the molecule is CCC(C)(C)c1ccccc1CCCOS(=O)(=O)c1ccccc1. The molecule has 0 aliphatic rings. The van der Waals surface area contributed by atoms with Crippen LogP contribution in [0.3, 0.4) is 0 Å². The van der Waals surface area contributed by atoms with Gasteiger partial charge in [-0.25, -0.2) is 0 Å². The van der Waals surface area contributed by atoms with E-state index in [0.29, 0.717) is 6.42 Å². The summed E-state index contributed by atoms with van der Waals surface area (Å²) in [5.41, 5.74) is 2.72. The lowest BCUT2D eigenvalue weighted by molar-refractivity contribution is 0.312. The molecule has 24 heavy (non-hydrogen) atoms. The van der Waals surface area contributed by atoms with Crippen LogP contribution in [0, 0.1) is 0 Å². The Labute approximate surface area is 145 Å². The van der Waals surface area contributed by atoms with Gasteiger partial charge in [0.15, 0.2) is 0 Å². The molecule has 0 spiro atoms. The highest BCUT2D eigenvalue weighted by Gasteiger charge is 2.21. The molecule has 2 rings (SSSR count). The monoisotopic (exact) mass is 346 g/mol. The fraction of sp³-hybridized carbons (Fsp3) is 0.400. The zero-order chi connectivity index (χ0) is 17.6. The molecule has 130 valence electrons. The van der Waals surface area contributed by atoms with Gasteiger partial charge in [-0.3, -0.25) is 4.18 Å². The first-order valence-corrected chi connectivity index (χ1v) is 9.80. The van der Waals surface area contributed by atoms with Gasteiger partial charge in [-0.05, 0) is 47.9 Å². The molecule has 0 atom stereocenters. The highest BCUT2D eigenvalue weighted by atomic mass is 32.2. The highest BCUT2D eigenvalue weighted by Crippen LogP contribution is 2.30. The smallest absolute Gasteiger partial charge is 0.266 e. The average molecular weight is 346 g/mol. The van der Waals surface area contributed by atoms with Gasteiger partial charge in [0, 0.05) is 0 Å². The first kappa shape index (κ1) is 18.7. The third-order valence-corrected chi connectivity index (χ3v) is 5.82.